The number of amides is 1. The predicted octanol–water partition coefficient (Wildman–Crippen LogP) is 2.08. The summed E-state index contributed by atoms with van der Waals surface area (Å²) in [6.07, 6.45) is 0.431. The molecule has 17 heavy (non-hydrogen) atoms. The largest absolute Gasteiger partial charge is 0.390 e. The molecule has 1 amide bonds. The highest BCUT2D eigenvalue weighted by atomic mass is 16.3. The van der Waals surface area contributed by atoms with Crippen LogP contribution in [0.15, 0.2) is 24.3 Å². The van der Waals surface area contributed by atoms with Crippen molar-refractivity contribution in [1.82, 2.24) is 0 Å². The normalized spacial score (nSPS) is 24.1. The van der Waals surface area contributed by atoms with E-state index in [1.165, 1.54) is 0 Å². The molecule has 0 bridgehead atoms. The lowest BCUT2D eigenvalue weighted by Crippen LogP contribution is -2.41. The van der Waals surface area contributed by atoms with Gasteiger partial charge >= 0.3 is 0 Å². The molecule has 0 saturated heterocycles. The second-order valence-electron chi connectivity index (χ2n) is 5.70. The fourth-order valence-corrected chi connectivity index (χ4v) is 2.86. The van der Waals surface area contributed by atoms with E-state index in [-0.39, 0.29) is 5.91 Å². The van der Waals surface area contributed by atoms with Crippen molar-refractivity contribution in [2.75, 3.05) is 11.9 Å². The third kappa shape index (κ3) is 1.84. The van der Waals surface area contributed by atoms with Crippen LogP contribution in [0.2, 0.25) is 0 Å². The zero-order chi connectivity index (χ0) is 12.8. The molecule has 1 aliphatic heterocycles. The second-order valence-corrected chi connectivity index (χ2v) is 5.70. The van der Waals surface area contributed by atoms with Gasteiger partial charge in [-0.3, -0.25) is 4.79 Å². The SMILES string of the molecule is CN1C(=O)C(C)(CC(C)(C)O)c2ccccc21. The first kappa shape index (κ1) is 12.1. The molecule has 0 saturated carbocycles. The Kier molecular flexibility index (Phi) is 2.54. The molecule has 0 aromatic heterocycles. The molecule has 0 radical (unpaired) electrons. The van der Waals surface area contributed by atoms with Gasteiger partial charge in [-0.2, -0.15) is 0 Å². The van der Waals surface area contributed by atoms with Gasteiger partial charge in [0, 0.05) is 12.7 Å². The number of hydrogen-bond acceptors (Lipinski definition) is 2. The maximum atomic E-state index is 12.4. The molecule has 1 aromatic carbocycles. The van der Waals surface area contributed by atoms with Gasteiger partial charge in [-0.1, -0.05) is 18.2 Å². The number of anilines is 1. The minimum Gasteiger partial charge on any atom is -0.390 e. The van der Waals surface area contributed by atoms with Crippen molar-refractivity contribution < 1.29 is 9.90 Å². The Hall–Kier alpha value is -1.35. The summed E-state index contributed by atoms with van der Waals surface area (Å²) in [4.78, 5) is 14.1. The number of rotatable bonds is 2. The summed E-state index contributed by atoms with van der Waals surface area (Å²) >= 11 is 0. The van der Waals surface area contributed by atoms with Gasteiger partial charge in [0.15, 0.2) is 0 Å². The molecule has 0 spiro atoms. The van der Waals surface area contributed by atoms with Gasteiger partial charge in [-0.25, -0.2) is 0 Å². The number of benzene rings is 1. The molecule has 92 valence electrons. The van der Waals surface area contributed by atoms with Crippen LogP contribution in [0.4, 0.5) is 5.69 Å². The van der Waals surface area contributed by atoms with Crippen molar-refractivity contribution >= 4 is 11.6 Å². The summed E-state index contributed by atoms with van der Waals surface area (Å²) in [5.74, 6) is 0.0563. The number of hydrogen-bond donors (Lipinski definition) is 1. The molecule has 1 atom stereocenters. The number of carbonyl (C=O) groups is 1. The average molecular weight is 233 g/mol. The Morgan fingerprint density at radius 2 is 1.94 bits per heavy atom. The van der Waals surface area contributed by atoms with Gasteiger partial charge in [-0.05, 0) is 38.8 Å². The molecule has 3 nitrogen and oxygen atoms in total. The fourth-order valence-electron chi connectivity index (χ4n) is 2.86. The van der Waals surface area contributed by atoms with Crippen molar-refractivity contribution in [1.29, 1.82) is 0 Å². The highest BCUT2D eigenvalue weighted by Crippen LogP contribution is 2.44. The van der Waals surface area contributed by atoms with Crippen molar-refractivity contribution in [3.8, 4) is 0 Å². The topological polar surface area (TPSA) is 40.5 Å². The smallest absolute Gasteiger partial charge is 0.237 e. The van der Waals surface area contributed by atoms with Crippen molar-refractivity contribution in [3.05, 3.63) is 29.8 Å². The average Bonchev–Trinajstić information content (AvgIpc) is 2.40. The third-order valence-corrected chi connectivity index (χ3v) is 3.42. The molecular formula is C14H19NO2. The number of aliphatic hydroxyl groups is 1. The van der Waals surface area contributed by atoms with Crippen LogP contribution in [0, 0.1) is 0 Å². The van der Waals surface area contributed by atoms with E-state index in [1.807, 2.05) is 31.2 Å². The maximum Gasteiger partial charge on any atom is 0.237 e. The number of likely N-dealkylation sites (N-methyl/N-ethyl adjacent to an activating group) is 1. The van der Waals surface area contributed by atoms with E-state index in [4.69, 9.17) is 0 Å². The Balaban J connectivity index is 2.52. The zero-order valence-corrected chi connectivity index (χ0v) is 10.8. The van der Waals surface area contributed by atoms with Gasteiger partial charge in [0.2, 0.25) is 5.91 Å². The van der Waals surface area contributed by atoms with Gasteiger partial charge in [-0.15, -0.1) is 0 Å². The summed E-state index contributed by atoms with van der Waals surface area (Å²) in [6, 6.07) is 7.79. The van der Waals surface area contributed by atoms with Gasteiger partial charge in [0.25, 0.3) is 0 Å². The van der Waals surface area contributed by atoms with Crippen LogP contribution in [-0.4, -0.2) is 23.7 Å². The van der Waals surface area contributed by atoms with Crippen LogP contribution < -0.4 is 4.90 Å². The summed E-state index contributed by atoms with van der Waals surface area (Å²) < 4.78 is 0. The van der Waals surface area contributed by atoms with Crippen LogP contribution in [0.5, 0.6) is 0 Å². The van der Waals surface area contributed by atoms with Gasteiger partial charge < -0.3 is 10.0 Å². The first-order chi connectivity index (χ1) is 7.76. The first-order valence-electron chi connectivity index (χ1n) is 5.86. The highest BCUT2D eigenvalue weighted by Gasteiger charge is 2.48. The standard InChI is InChI=1S/C14H19NO2/c1-13(2,17)9-14(3)10-7-5-6-8-11(10)15(4)12(14)16/h5-8,17H,9H2,1-4H3. The van der Waals surface area contributed by atoms with Crippen LogP contribution in [0.1, 0.15) is 32.8 Å². The Bertz CT molecular complexity index is 462. The second kappa shape index (κ2) is 3.57. The molecule has 0 aliphatic carbocycles. The van der Waals surface area contributed by atoms with E-state index in [2.05, 4.69) is 0 Å². The minimum absolute atomic E-state index is 0.0563. The summed E-state index contributed by atoms with van der Waals surface area (Å²) in [6.45, 7) is 5.40. The molecule has 1 unspecified atom stereocenters. The van der Waals surface area contributed by atoms with E-state index >= 15 is 0 Å². The Labute approximate surface area is 102 Å². The van der Waals surface area contributed by atoms with E-state index in [0.29, 0.717) is 6.42 Å². The molecular weight excluding hydrogens is 214 g/mol. The summed E-state index contributed by atoms with van der Waals surface area (Å²) in [7, 11) is 1.79. The van der Waals surface area contributed by atoms with Crippen LogP contribution in [0.3, 0.4) is 0 Å². The monoisotopic (exact) mass is 233 g/mol. The summed E-state index contributed by atoms with van der Waals surface area (Å²) in [5, 5.41) is 10.0. The Morgan fingerprint density at radius 3 is 2.53 bits per heavy atom. The van der Waals surface area contributed by atoms with Crippen molar-refractivity contribution in [2.24, 2.45) is 0 Å². The lowest BCUT2D eigenvalue weighted by Gasteiger charge is -2.30. The van der Waals surface area contributed by atoms with E-state index in [0.717, 1.165) is 11.3 Å². The fraction of sp³-hybridized carbons (Fsp3) is 0.500. The zero-order valence-electron chi connectivity index (χ0n) is 10.8. The number of para-hydroxylation sites is 1. The first-order valence-corrected chi connectivity index (χ1v) is 5.86. The minimum atomic E-state index is -0.858. The summed E-state index contributed by atoms with van der Waals surface area (Å²) in [5.41, 5.74) is 0.477. The van der Waals surface area contributed by atoms with E-state index < -0.39 is 11.0 Å². The van der Waals surface area contributed by atoms with Crippen LogP contribution in [-0.2, 0) is 10.2 Å². The van der Waals surface area contributed by atoms with Gasteiger partial charge in [0.1, 0.15) is 0 Å². The highest BCUT2D eigenvalue weighted by molar-refractivity contribution is 6.07. The number of carbonyl (C=O) groups excluding carboxylic acids is 1. The van der Waals surface area contributed by atoms with Crippen LogP contribution in [0.25, 0.3) is 0 Å². The lowest BCUT2D eigenvalue weighted by atomic mass is 9.75. The molecule has 1 aliphatic rings. The lowest BCUT2D eigenvalue weighted by molar-refractivity contribution is -0.124. The number of fused-ring (bicyclic) bond motifs is 1. The van der Waals surface area contributed by atoms with E-state index in [1.54, 1.807) is 25.8 Å². The Morgan fingerprint density at radius 1 is 1.35 bits per heavy atom. The number of nitrogens with zero attached hydrogens (tertiary/aromatic N) is 1. The quantitative estimate of drug-likeness (QED) is 0.849. The van der Waals surface area contributed by atoms with Gasteiger partial charge in [0.05, 0.1) is 11.0 Å². The third-order valence-electron chi connectivity index (χ3n) is 3.42. The predicted molar refractivity (Wildman–Crippen MR) is 68.1 cm³/mol. The molecule has 1 heterocycles. The van der Waals surface area contributed by atoms with Crippen LogP contribution >= 0.6 is 0 Å². The van der Waals surface area contributed by atoms with Crippen molar-refractivity contribution in [3.63, 3.8) is 0 Å². The van der Waals surface area contributed by atoms with E-state index in [9.17, 15) is 9.90 Å². The molecule has 1 aromatic rings. The molecule has 3 heteroatoms. The molecule has 0 fully saturated rings. The molecule has 2 rings (SSSR count). The van der Waals surface area contributed by atoms with Crippen molar-refractivity contribution in [2.45, 2.75) is 38.2 Å². The maximum absolute atomic E-state index is 12.4. The molecule has 1 N–H and O–H groups in total.